The lowest BCUT2D eigenvalue weighted by Gasteiger charge is -2.26. The highest BCUT2D eigenvalue weighted by molar-refractivity contribution is 7.89. The molecule has 1 N–H and O–H groups in total. The average Bonchev–Trinajstić information content (AvgIpc) is 2.73. The fourth-order valence-corrected chi connectivity index (χ4v) is 4.26. The minimum Gasteiger partial charge on any atom is -0.492 e. The van der Waals surface area contributed by atoms with Crippen LogP contribution in [0.3, 0.4) is 0 Å². The van der Waals surface area contributed by atoms with Crippen molar-refractivity contribution < 1.29 is 22.7 Å². The molecule has 0 spiro atoms. The van der Waals surface area contributed by atoms with Crippen LogP contribution in [-0.2, 0) is 14.8 Å². The van der Waals surface area contributed by atoms with E-state index in [9.17, 15) is 13.2 Å². The molecule has 1 amide bonds. The van der Waals surface area contributed by atoms with Gasteiger partial charge in [-0.05, 0) is 37.3 Å². The Morgan fingerprint density at radius 2 is 1.86 bits per heavy atom. The first-order chi connectivity index (χ1) is 13.5. The molecule has 28 heavy (non-hydrogen) atoms. The highest BCUT2D eigenvalue weighted by Gasteiger charge is 2.26. The number of nitrogens with one attached hydrogen (secondary N) is 1. The number of morpholine rings is 1. The Hall–Kier alpha value is -2.42. The minimum absolute atomic E-state index is 0.109. The van der Waals surface area contributed by atoms with Gasteiger partial charge in [0.05, 0.1) is 24.7 Å². The molecule has 0 unspecified atom stereocenters. The third-order valence-corrected chi connectivity index (χ3v) is 6.28. The van der Waals surface area contributed by atoms with Crippen LogP contribution in [-0.4, -0.2) is 58.1 Å². The summed E-state index contributed by atoms with van der Waals surface area (Å²) in [6, 6.07) is 13.7. The molecule has 8 heteroatoms. The number of amides is 1. The maximum atomic E-state index is 12.7. The molecule has 0 saturated carbocycles. The van der Waals surface area contributed by atoms with Gasteiger partial charge in [-0.3, -0.25) is 4.79 Å². The smallest absolute Gasteiger partial charge is 0.251 e. The van der Waals surface area contributed by atoms with Gasteiger partial charge in [-0.2, -0.15) is 4.31 Å². The lowest BCUT2D eigenvalue weighted by atomic mass is 10.2. The first kappa shape index (κ1) is 20.3. The summed E-state index contributed by atoms with van der Waals surface area (Å²) in [6.07, 6.45) is 0. The van der Waals surface area contributed by atoms with E-state index in [1.807, 2.05) is 31.2 Å². The quantitative estimate of drug-likeness (QED) is 0.712. The molecule has 1 saturated heterocycles. The van der Waals surface area contributed by atoms with Gasteiger partial charge in [-0.1, -0.05) is 23.8 Å². The van der Waals surface area contributed by atoms with E-state index in [0.717, 1.165) is 11.3 Å². The first-order valence-electron chi connectivity index (χ1n) is 9.12. The van der Waals surface area contributed by atoms with Gasteiger partial charge in [-0.15, -0.1) is 0 Å². The molecule has 0 aromatic heterocycles. The monoisotopic (exact) mass is 404 g/mol. The second kappa shape index (κ2) is 9.18. The average molecular weight is 404 g/mol. The number of sulfonamides is 1. The first-order valence-corrected chi connectivity index (χ1v) is 10.6. The molecule has 2 aromatic carbocycles. The molecule has 0 aliphatic carbocycles. The predicted molar refractivity (Wildman–Crippen MR) is 105 cm³/mol. The van der Waals surface area contributed by atoms with Crippen LogP contribution in [0.2, 0.25) is 0 Å². The van der Waals surface area contributed by atoms with Crippen molar-refractivity contribution in [1.82, 2.24) is 9.62 Å². The third kappa shape index (κ3) is 5.09. The molecule has 3 rings (SSSR count). The van der Waals surface area contributed by atoms with Crippen LogP contribution >= 0.6 is 0 Å². The Bertz CT molecular complexity index is 906. The normalized spacial score (nSPS) is 15.2. The molecule has 1 fully saturated rings. The number of hydrogen-bond donors (Lipinski definition) is 1. The van der Waals surface area contributed by atoms with E-state index in [1.54, 1.807) is 12.1 Å². The van der Waals surface area contributed by atoms with Crippen LogP contribution in [0, 0.1) is 6.92 Å². The molecule has 150 valence electrons. The number of carbonyl (C=O) groups is 1. The Balaban J connectivity index is 1.56. The van der Waals surface area contributed by atoms with Crippen LogP contribution in [0.1, 0.15) is 15.9 Å². The number of ether oxygens (including phenoxy) is 2. The van der Waals surface area contributed by atoms with E-state index < -0.39 is 10.0 Å². The Kier molecular flexibility index (Phi) is 6.66. The number of hydrogen-bond acceptors (Lipinski definition) is 5. The number of aryl methyl sites for hydroxylation is 1. The highest BCUT2D eigenvalue weighted by atomic mass is 32.2. The van der Waals surface area contributed by atoms with Crippen molar-refractivity contribution in [2.75, 3.05) is 39.5 Å². The summed E-state index contributed by atoms with van der Waals surface area (Å²) in [5, 5.41) is 2.75. The number of nitrogens with zero attached hydrogens (tertiary/aromatic N) is 1. The second-order valence-corrected chi connectivity index (χ2v) is 8.40. The predicted octanol–water partition coefficient (Wildman–Crippen LogP) is 1.82. The molecule has 1 heterocycles. The molecular formula is C20H24N2O5S. The largest absolute Gasteiger partial charge is 0.492 e. The van der Waals surface area contributed by atoms with Crippen LogP contribution in [0.15, 0.2) is 53.4 Å². The molecule has 2 aromatic rings. The highest BCUT2D eigenvalue weighted by Crippen LogP contribution is 2.18. The summed E-state index contributed by atoms with van der Waals surface area (Å²) in [5.74, 6) is 0.394. The van der Waals surface area contributed by atoms with Gasteiger partial charge in [0.2, 0.25) is 10.0 Å². The maximum Gasteiger partial charge on any atom is 0.251 e. The molecule has 0 radical (unpaired) electrons. The third-order valence-electron chi connectivity index (χ3n) is 4.38. The van der Waals surface area contributed by atoms with Crippen LogP contribution < -0.4 is 10.1 Å². The van der Waals surface area contributed by atoms with Gasteiger partial charge in [0.25, 0.3) is 5.91 Å². The van der Waals surface area contributed by atoms with Crippen LogP contribution in [0.25, 0.3) is 0 Å². The number of benzene rings is 2. The molecule has 0 bridgehead atoms. The van der Waals surface area contributed by atoms with Crippen LogP contribution in [0.5, 0.6) is 5.75 Å². The van der Waals surface area contributed by atoms with Crippen LogP contribution in [0.4, 0.5) is 0 Å². The zero-order valence-corrected chi connectivity index (χ0v) is 16.6. The van der Waals surface area contributed by atoms with Gasteiger partial charge in [0.15, 0.2) is 0 Å². The van der Waals surface area contributed by atoms with Crippen molar-refractivity contribution in [2.24, 2.45) is 0 Å². The van der Waals surface area contributed by atoms with Gasteiger partial charge < -0.3 is 14.8 Å². The zero-order chi connectivity index (χ0) is 20.0. The van der Waals surface area contributed by atoms with E-state index in [4.69, 9.17) is 9.47 Å². The molecule has 1 aliphatic rings. The summed E-state index contributed by atoms with van der Waals surface area (Å²) in [5.41, 5.74) is 1.44. The Morgan fingerprint density at radius 3 is 2.57 bits per heavy atom. The summed E-state index contributed by atoms with van der Waals surface area (Å²) in [6.45, 7) is 4.01. The van der Waals surface area contributed by atoms with E-state index in [2.05, 4.69) is 5.32 Å². The second-order valence-electron chi connectivity index (χ2n) is 6.46. The summed E-state index contributed by atoms with van der Waals surface area (Å²) in [4.78, 5) is 12.5. The van der Waals surface area contributed by atoms with Gasteiger partial charge in [0.1, 0.15) is 12.4 Å². The number of carbonyl (C=O) groups excluding carboxylic acids is 1. The van der Waals surface area contributed by atoms with E-state index in [-0.39, 0.29) is 10.8 Å². The molecule has 0 atom stereocenters. The SMILES string of the molecule is Cc1ccc(OCCNC(=O)c2cccc(S(=O)(=O)N3CCOCC3)c2)cc1. The van der Waals surface area contributed by atoms with E-state index in [0.29, 0.717) is 45.0 Å². The van der Waals surface area contributed by atoms with Gasteiger partial charge in [0, 0.05) is 18.7 Å². The fraction of sp³-hybridized carbons (Fsp3) is 0.350. The van der Waals surface area contributed by atoms with Crippen molar-refractivity contribution in [2.45, 2.75) is 11.8 Å². The minimum atomic E-state index is -3.63. The fourth-order valence-electron chi connectivity index (χ4n) is 2.80. The van der Waals surface area contributed by atoms with Crippen molar-refractivity contribution >= 4 is 15.9 Å². The van der Waals surface area contributed by atoms with E-state index in [1.165, 1.54) is 16.4 Å². The lowest BCUT2D eigenvalue weighted by molar-refractivity contribution is 0.0730. The van der Waals surface area contributed by atoms with E-state index >= 15 is 0 Å². The molecule has 7 nitrogen and oxygen atoms in total. The van der Waals surface area contributed by atoms with Crippen molar-refractivity contribution in [3.05, 3.63) is 59.7 Å². The standard InChI is InChI=1S/C20H24N2O5S/c1-16-5-7-18(8-6-16)27-12-9-21-20(23)17-3-2-4-19(15-17)28(24,25)22-10-13-26-14-11-22/h2-8,15H,9-14H2,1H3,(H,21,23). The maximum absolute atomic E-state index is 12.7. The summed E-state index contributed by atoms with van der Waals surface area (Å²) < 4.78 is 37.6. The van der Waals surface area contributed by atoms with Crippen molar-refractivity contribution in [1.29, 1.82) is 0 Å². The van der Waals surface area contributed by atoms with Gasteiger partial charge >= 0.3 is 0 Å². The van der Waals surface area contributed by atoms with Crippen molar-refractivity contribution in [3.8, 4) is 5.75 Å². The van der Waals surface area contributed by atoms with Gasteiger partial charge in [-0.25, -0.2) is 8.42 Å². The number of rotatable bonds is 7. The Morgan fingerprint density at radius 1 is 1.14 bits per heavy atom. The zero-order valence-electron chi connectivity index (χ0n) is 15.8. The molecular weight excluding hydrogens is 380 g/mol. The summed E-state index contributed by atoms with van der Waals surface area (Å²) >= 11 is 0. The molecule has 1 aliphatic heterocycles. The van der Waals surface area contributed by atoms with Crippen molar-refractivity contribution in [3.63, 3.8) is 0 Å². The Labute approximate surface area is 165 Å². The lowest BCUT2D eigenvalue weighted by Crippen LogP contribution is -2.40. The topological polar surface area (TPSA) is 84.9 Å². The summed E-state index contributed by atoms with van der Waals surface area (Å²) in [7, 11) is -3.63.